The van der Waals surface area contributed by atoms with E-state index >= 15 is 0 Å². The maximum atomic E-state index is 6.16. The molecule has 0 fully saturated rings. The van der Waals surface area contributed by atoms with Gasteiger partial charge in [-0.25, -0.2) is 0 Å². The molecule has 2 rings (SSSR count). The van der Waals surface area contributed by atoms with Gasteiger partial charge in [0.1, 0.15) is 0 Å². The predicted octanol–water partition coefficient (Wildman–Crippen LogP) is 5.15. The van der Waals surface area contributed by atoms with Crippen molar-refractivity contribution in [1.82, 2.24) is 9.78 Å². The van der Waals surface area contributed by atoms with Crippen molar-refractivity contribution in [3.63, 3.8) is 0 Å². The summed E-state index contributed by atoms with van der Waals surface area (Å²) >= 11 is 15.7. The van der Waals surface area contributed by atoms with Gasteiger partial charge in [-0.3, -0.25) is 4.68 Å². The monoisotopic (exact) mass is 375 g/mol. The third kappa shape index (κ3) is 3.30. The highest BCUT2D eigenvalue weighted by molar-refractivity contribution is 9.10. The molecule has 0 radical (unpaired) electrons. The normalized spacial score (nSPS) is 10.8. The summed E-state index contributed by atoms with van der Waals surface area (Å²) in [6.45, 7) is 5.67. The molecule has 0 spiro atoms. The van der Waals surface area contributed by atoms with Crippen molar-refractivity contribution in [3.05, 3.63) is 44.1 Å². The number of anilines is 1. The Morgan fingerprint density at radius 1 is 1.30 bits per heavy atom. The van der Waals surface area contributed by atoms with E-state index in [1.165, 1.54) is 0 Å². The third-order valence-electron chi connectivity index (χ3n) is 3.07. The van der Waals surface area contributed by atoms with Crippen molar-refractivity contribution in [2.45, 2.75) is 33.4 Å². The second-order valence-corrected chi connectivity index (χ2v) is 5.99. The summed E-state index contributed by atoms with van der Waals surface area (Å²) in [4.78, 5) is 0. The van der Waals surface area contributed by atoms with E-state index in [2.05, 4.69) is 40.2 Å². The Kier molecular flexibility index (Phi) is 5.35. The summed E-state index contributed by atoms with van der Waals surface area (Å²) in [6, 6.07) is 5.43. The Hall–Kier alpha value is -0.710. The molecule has 0 unspecified atom stereocenters. The first-order chi connectivity index (χ1) is 9.56. The van der Waals surface area contributed by atoms with E-state index in [0.29, 0.717) is 16.6 Å². The number of hydrogen-bond acceptors (Lipinski definition) is 2. The fourth-order valence-corrected chi connectivity index (χ4v) is 3.18. The fourth-order valence-electron chi connectivity index (χ4n) is 2.00. The van der Waals surface area contributed by atoms with E-state index in [-0.39, 0.29) is 0 Å². The smallest absolute Gasteiger partial charge is 0.0767 e. The number of aromatic nitrogens is 2. The Balaban J connectivity index is 2.20. The van der Waals surface area contributed by atoms with Crippen molar-refractivity contribution in [2.24, 2.45) is 0 Å². The molecule has 1 aromatic carbocycles. The number of nitrogens with one attached hydrogen (secondary N) is 1. The van der Waals surface area contributed by atoms with Gasteiger partial charge in [-0.15, -0.1) is 0 Å². The molecule has 0 saturated heterocycles. The second-order valence-electron chi connectivity index (χ2n) is 4.35. The summed E-state index contributed by atoms with van der Waals surface area (Å²) in [6.07, 6.45) is 0.905. The van der Waals surface area contributed by atoms with E-state index in [4.69, 9.17) is 23.2 Å². The third-order valence-corrected chi connectivity index (χ3v) is 4.53. The standard InChI is InChI=1S/C14H16BrCl2N3/c1-3-11-14(15)13(20(4-2)19-11)8-18-12-6-5-9(16)7-10(12)17/h5-7,18H,3-4,8H2,1-2H3. The van der Waals surface area contributed by atoms with Gasteiger partial charge in [-0.2, -0.15) is 5.10 Å². The Morgan fingerprint density at radius 3 is 2.65 bits per heavy atom. The first-order valence-electron chi connectivity index (χ1n) is 6.49. The zero-order chi connectivity index (χ0) is 14.7. The van der Waals surface area contributed by atoms with Crippen LogP contribution in [-0.2, 0) is 19.5 Å². The molecule has 3 nitrogen and oxygen atoms in total. The summed E-state index contributed by atoms with van der Waals surface area (Å²) in [5.74, 6) is 0. The van der Waals surface area contributed by atoms with Gasteiger partial charge in [0.25, 0.3) is 0 Å². The summed E-state index contributed by atoms with van der Waals surface area (Å²) in [5, 5.41) is 9.15. The van der Waals surface area contributed by atoms with Gasteiger partial charge < -0.3 is 5.32 Å². The van der Waals surface area contributed by atoms with Crippen LogP contribution in [0.3, 0.4) is 0 Å². The first kappa shape index (κ1) is 15.7. The van der Waals surface area contributed by atoms with Gasteiger partial charge in [-0.1, -0.05) is 30.1 Å². The molecule has 1 heterocycles. The fraction of sp³-hybridized carbons (Fsp3) is 0.357. The van der Waals surface area contributed by atoms with E-state index in [1.807, 2.05) is 16.8 Å². The van der Waals surface area contributed by atoms with Crippen LogP contribution in [-0.4, -0.2) is 9.78 Å². The number of nitrogens with zero attached hydrogens (tertiary/aromatic N) is 2. The quantitative estimate of drug-likeness (QED) is 0.782. The van der Waals surface area contributed by atoms with Crippen LogP contribution in [0.25, 0.3) is 0 Å². The molecule has 0 saturated carbocycles. The minimum Gasteiger partial charge on any atom is -0.378 e. The number of halogens is 3. The molecular weight excluding hydrogens is 361 g/mol. The number of aryl methyl sites for hydroxylation is 2. The van der Waals surface area contributed by atoms with Gasteiger partial charge in [-0.05, 0) is 47.5 Å². The SMILES string of the molecule is CCc1nn(CC)c(CNc2ccc(Cl)cc2Cl)c1Br. The van der Waals surface area contributed by atoms with Crippen molar-refractivity contribution in [2.75, 3.05) is 5.32 Å². The topological polar surface area (TPSA) is 29.9 Å². The Morgan fingerprint density at radius 2 is 2.05 bits per heavy atom. The van der Waals surface area contributed by atoms with Gasteiger partial charge >= 0.3 is 0 Å². The average molecular weight is 377 g/mol. The van der Waals surface area contributed by atoms with Crippen LogP contribution in [0.2, 0.25) is 10.0 Å². The van der Waals surface area contributed by atoms with Crippen LogP contribution >= 0.6 is 39.1 Å². The molecule has 0 aliphatic carbocycles. The lowest BCUT2D eigenvalue weighted by Gasteiger charge is -2.10. The lowest BCUT2D eigenvalue weighted by atomic mass is 10.3. The Labute approximate surface area is 137 Å². The van der Waals surface area contributed by atoms with Gasteiger partial charge in [0.15, 0.2) is 0 Å². The van der Waals surface area contributed by atoms with Gasteiger partial charge in [0, 0.05) is 11.6 Å². The van der Waals surface area contributed by atoms with Crippen molar-refractivity contribution in [1.29, 1.82) is 0 Å². The van der Waals surface area contributed by atoms with Crippen LogP contribution < -0.4 is 5.32 Å². The first-order valence-corrected chi connectivity index (χ1v) is 8.04. The summed E-state index contributed by atoms with van der Waals surface area (Å²) < 4.78 is 3.07. The van der Waals surface area contributed by atoms with E-state index in [1.54, 1.807) is 6.07 Å². The molecule has 0 bridgehead atoms. The predicted molar refractivity (Wildman–Crippen MR) is 88.8 cm³/mol. The van der Waals surface area contributed by atoms with Crippen LogP contribution in [0.15, 0.2) is 22.7 Å². The van der Waals surface area contributed by atoms with E-state index < -0.39 is 0 Å². The van der Waals surface area contributed by atoms with Gasteiger partial charge in [0.05, 0.1) is 33.1 Å². The number of hydrogen-bond donors (Lipinski definition) is 1. The number of rotatable bonds is 5. The average Bonchev–Trinajstić information content (AvgIpc) is 2.74. The number of benzene rings is 1. The van der Waals surface area contributed by atoms with Crippen molar-refractivity contribution < 1.29 is 0 Å². The zero-order valence-electron chi connectivity index (χ0n) is 11.4. The summed E-state index contributed by atoms with van der Waals surface area (Å²) in [7, 11) is 0. The van der Waals surface area contributed by atoms with E-state index in [9.17, 15) is 0 Å². The molecule has 1 aromatic heterocycles. The maximum Gasteiger partial charge on any atom is 0.0767 e. The highest BCUT2D eigenvalue weighted by Gasteiger charge is 2.13. The van der Waals surface area contributed by atoms with E-state index in [0.717, 1.165) is 34.5 Å². The summed E-state index contributed by atoms with van der Waals surface area (Å²) in [5.41, 5.74) is 3.06. The largest absolute Gasteiger partial charge is 0.378 e. The van der Waals surface area contributed by atoms with Gasteiger partial charge in [0.2, 0.25) is 0 Å². The Bertz CT molecular complexity index is 611. The van der Waals surface area contributed by atoms with Crippen LogP contribution in [0, 0.1) is 0 Å². The minimum atomic E-state index is 0.618. The van der Waals surface area contributed by atoms with Crippen molar-refractivity contribution in [3.8, 4) is 0 Å². The lowest BCUT2D eigenvalue weighted by molar-refractivity contribution is 0.619. The molecule has 0 aliphatic rings. The maximum absolute atomic E-state index is 6.16. The molecule has 0 amide bonds. The van der Waals surface area contributed by atoms with Crippen LogP contribution in [0.4, 0.5) is 5.69 Å². The molecule has 0 atom stereocenters. The molecule has 20 heavy (non-hydrogen) atoms. The van der Waals surface area contributed by atoms with Crippen molar-refractivity contribution >= 4 is 44.8 Å². The molecular formula is C14H16BrCl2N3. The molecule has 1 N–H and O–H groups in total. The molecule has 108 valence electrons. The highest BCUT2D eigenvalue weighted by Crippen LogP contribution is 2.27. The molecule has 2 aromatic rings. The van der Waals surface area contributed by atoms with Crippen LogP contribution in [0.1, 0.15) is 25.2 Å². The highest BCUT2D eigenvalue weighted by atomic mass is 79.9. The van der Waals surface area contributed by atoms with Crippen LogP contribution in [0.5, 0.6) is 0 Å². The molecule has 6 heteroatoms. The zero-order valence-corrected chi connectivity index (χ0v) is 14.5. The molecule has 0 aliphatic heterocycles. The second kappa shape index (κ2) is 6.83. The lowest BCUT2D eigenvalue weighted by Crippen LogP contribution is -2.08. The minimum absolute atomic E-state index is 0.618.